The van der Waals surface area contributed by atoms with Crippen LogP contribution in [0.15, 0.2) is 18.3 Å². The Hall–Kier alpha value is -1.17. The second kappa shape index (κ2) is 6.84. The van der Waals surface area contributed by atoms with Gasteiger partial charge in [-0.3, -0.25) is 9.69 Å². The number of nitrogens with one attached hydrogen (secondary N) is 1. The molecule has 1 aromatic rings. The van der Waals surface area contributed by atoms with Crippen LogP contribution in [0.1, 0.15) is 12.8 Å². The Kier molecular flexibility index (Phi) is 5.13. The number of pyridine rings is 1. The van der Waals surface area contributed by atoms with Crippen molar-refractivity contribution in [2.75, 3.05) is 31.6 Å². The molecule has 5 nitrogen and oxygen atoms in total. The van der Waals surface area contributed by atoms with Crippen LogP contribution in [-0.4, -0.2) is 47.1 Å². The Morgan fingerprint density at radius 3 is 2.89 bits per heavy atom. The summed E-state index contributed by atoms with van der Waals surface area (Å²) in [5.74, 6) is 0.296. The van der Waals surface area contributed by atoms with E-state index in [0.717, 1.165) is 25.9 Å². The first kappa shape index (κ1) is 14.2. The Bertz CT molecular complexity index is 434. The molecule has 2 heterocycles. The number of halogens is 1. The second-order valence-electron chi connectivity index (χ2n) is 4.79. The number of carbonyl (C=O) groups is 1. The van der Waals surface area contributed by atoms with Crippen LogP contribution in [0, 0.1) is 5.92 Å². The molecule has 1 aliphatic heterocycles. The average Bonchev–Trinajstić information content (AvgIpc) is 2.42. The van der Waals surface area contributed by atoms with Gasteiger partial charge >= 0.3 is 0 Å². The number of nitrogens with zero attached hydrogens (tertiary/aromatic N) is 2. The van der Waals surface area contributed by atoms with E-state index in [1.165, 1.54) is 0 Å². The molecule has 1 aliphatic rings. The minimum absolute atomic E-state index is 0.0858. The summed E-state index contributed by atoms with van der Waals surface area (Å²) in [5.41, 5.74) is 0.541. The molecule has 19 heavy (non-hydrogen) atoms. The second-order valence-corrected chi connectivity index (χ2v) is 5.15. The fourth-order valence-corrected chi connectivity index (χ4v) is 2.37. The number of likely N-dealkylation sites (tertiary alicyclic amines) is 1. The van der Waals surface area contributed by atoms with Gasteiger partial charge in [0.05, 0.1) is 12.2 Å². The first-order chi connectivity index (χ1) is 9.19. The first-order valence-electron chi connectivity index (χ1n) is 6.42. The van der Waals surface area contributed by atoms with Gasteiger partial charge in [0.1, 0.15) is 0 Å². The molecule has 0 aliphatic carbocycles. The highest BCUT2D eigenvalue weighted by Crippen LogP contribution is 2.18. The smallest absolute Gasteiger partial charge is 0.238 e. The van der Waals surface area contributed by atoms with Crippen molar-refractivity contribution in [3.8, 4) is 0 Å². The van der Waals surface area contributed by atoms with Crippen molar-refractivity contribution in [1.82, 2.24) is 9.88 Å². The normalized spacial score (nSPS) is 17.4. The first-order valence-corrected chi connectivity index (χ1v) is 6.80. The number of hydrogen-bond acceptors (Lipinski definition) is 4. The molecule has 6 heteroatoms. The number of hydrogen-bond donors (Lipinski definition) is 2. The van der Waals surface area contributed by atoms with E-state index in [9.17, 15) is 4.79 Å². The Labute approximate surface area is 117 Å². The van der Waals surface area contributed by atoms with Crippen molar-refractivity contribution in [3.63, 3.8) is 0 Å². The summed E-state index contributed by atoms with van der Waals surface area (Å²) in [6, 6.07) is 3.46. The third-order valence-electron chi connectivity index (χ3n) is 3.37. The molecule has 0 atom stereocenters. The van der Waals surface area contributed by atoms with Crippen LogP contribution >= 0.6 is 11.6 Å². The number of anilines is 1. The minimum atomic E-state index is -0.0858. The van der Waals surface area contributed by atoms with Crippen molar-refractivity contribution in [3.05, 3.63) is 23.5 Å². The summed E-state index contributed by atoms with van der Waals surface area (Å²) in [5, 5.41) is 12.1. The zero-order valence-electron chi connectivity index (χ0n) is 10.7. The predicted octanol–water partition coefficient (Wildman–Crippen LogP) is 1.38. The van der Waals surface area contributed by atoms with Crippen molar-refractivity contribution >= 4 is 23.2 Å². The van der Waals surface area contributed by atoms with E-state index in [1.807, 2.05) is 0 Å². The lowest BCUT2D eigenvalue weighted by atomic mass is 9.98. The summed E-state index contributed by atoms with van der Waals surface area (Å²) >= 11 is 5.88. The molecule has 0 aromatic carbocycles. The van der Waals surface area contributed by atoms with Crippen molar-refractivity contribution in [1.29, 1.82) is 0 Å². The molecule has 104 valence electrons. The molecule has 1 fully saturated rings. The molecule has 0 radical (unpaired) electrons. The van der Waals surface area contributed by atoms with E-state index >= 15 is 0 Å². The van der Waals surface area contributed by atoms with E-state index in [-0.39, 0.29) is 12.5 Å². The van der Waals surface area contributed by atoms with Crippen LogP contribution in [0.5, 0.6) is 0 Å². The predicted molar refractivity (Wildman–Crippen MR) is 74.1 cm³/mol. The average molecular weight is 284 g/mol. The number of aliphatic hydroxyl groups is 1. The summed E-state index contributed by atoms with van der Waals surface area (Å²) < 4.78 is 0. The molecule has 0 saturated carbocycles. The number of aromatic nitrogens is 1. The molecule has 0 spiro atoms. The number of piperidine rings is 1. The molecule has 1 aromatic heterocycles. The van der Waals surface area contributed by atoms with Crippen molar-refractivity contribution in [2.24, 2.45) is 5.92 Å². The van der Waals surface area contributed by atoms with Gasteiger partial charge in [-0.05, 0) is 44.0 Å². The molecular weight excluding hydrogens is 266 g/mol. The van der Waals surface area contributed by atoms with Gasteiger partial charge in [0.2, 0.25) is 5.91 Å². The molecule has 1 amide bonds. The largest absolute Gasteiger partial charge is 0.396 e. The Balaban J connectivity index is 1.81. The van der Waals surface area contributed by atoms with E-state index in [4.69, 9.17) is 16.7 Å². The van der Waals surface area contributed by atoms with Crippen LogP contribution < -0.4 is 5.32 Å². The lowest BCUT2D eigenvalue weighted by Crippen LogP contribution is -2.39. The van der Waals surface area contributed by atoms with E-state index < -0.39 is 0 Å². The van der Waals surface area contributed by atoms with Crippen LogP contribution in [-0.2, 0) is 4.79 Å². The number of amides is 1. The summed E-state index contributed by atoms with van der Waals surface area (Å²) in [6.45, 7) is 2.29. The third kappa shape index (κ3) is 4.16. The number of rotatable bonds is 4. The molecular formula is C13H18ClN3O2. The molecule has 0 bridgehead atoms. The number of carbonyl (C=O) groups excluding carboxylic acids is 1. The lowest BCUT2D eigenvalue weighted by molar-refractivity contribution is -0.117. The van der Waals surface area contributed by atoms with Gasteiger partial charge in [-0.2, -0.15) is 0 Å². The van der Waals surface area contributed by atoms with Crippen molar-refractivity contribution in [2.45, 2.75) is 12.8 Å². The Morgan fingerprint density at radius 2 is 2.26 bits per heavy atom. The highest BCUT2D eigenvalue weighted by Gasteiger charge is 2.20. The quantitative estimate of drug-likeness (QED) is 0.820. The molecule has 1 saturated heterocycles. The van der Waals surface area contributed by atoms with Crippen LogP contribution in [0.25, 0.3) is 0 Å². The van der Waals surface area contributed by atoms with Crippen LogP contribution in [0.3, 0.4) is 0 Å². The summed E-state index contributed by atoms with van der Waals surface area (Å²) in [4.78, 5) is 17.9. The minimum Gasteiger partial charge on any atom is -0.396 e. The maximum atomic E-state index is 11.9. The molecule has 2 N–H and O–H groups in total. The van der Waals surface area contributed by atoms with Gasteiger partial charge in [-0.1, -0.05) is 11.6 Å². The maximum Gasteiger partial charge on any atom is 0.238 e. The van der Waals surface area contributed by atoms with Gasteiger partial charge in [0.25, 0.3) is 0 Å². The summed E-state index contributed by atoms with van der Waals surface area (Å²) in [7, 11) is 0. The van der Waals surface area contributed by atoms with E-state index in [1.54, 1.807) is 18.3 Å². The molecule has 0 unspecified atom stereocenters. The van der Waals surface area contributed by atoms with Gasteiger partial charge < -0.3 is 10.4 Å². The van der Waals surface area contributed by atoms with Crippen LogP contribution in [0.2, 0.25) is 5.15 Å². The maximum absolute atomic E-state index is 11.9. The van der Waals surface area contributed by atoms with Gasteiger partial charge in [-0.15, -0.1) is 0 Å². The van der Waals surface area contributed by atoms with E-state index in [2.05, 4.69) is 15.2 Å². The fraction of sp³-hybridized carbons (Fsp3) is 0.538. The number of aliphatic hydroxyl groups excluding tert-OH is 1. The topological polar surface area (TPSA) is 65.5 Å². The summed E-state index contributed by atoms with van der Waals surface area (Å²) in [6.07, 6.45) is 3.46. The van der Waals surface area contributed by atoms with Crippen LogP contribution in [0.4, 0.5) is 5.69 Å². The third-order valence-corrected chi connectivity index (χ3v) is 3.67. The Morgan fingerprint density at radius 1 is 1.53 bits per heavy atom. The zero-order valence-corrected chi connectivity index (χ0v) is 11.4. The van der Waals surface area contributed by atoms with Gasteiger partial charge in [-0.25, -0.2) is 4.98 Å². The fourth-order valence-electron chi connectivity index (χ4n) is 2.20. The highest BCUT2D eigenvalue weighted by atomic mass is 35.5. The van der Waals surface area contributed by atoms with Gasteiger partial charge in [0.15, 0.2) is 5.15 Å². The zero-order chi connectivity index (χ0) is 13.7. The molecule has 2 rings (SSSR count). The monoisotopic (exact) mass is 283 g/mol. The SMILES string of the molecule is O=C(CN1CCC(CO)CC1)Nc1cccnc1Cl. The van der Waals surface area contributed by atoms with Crippen molar-refractivity contribution < 1.29 is 9.90 Å². The highest BCUT2D eigenvalue weighted by molar-refractivity contribution is 6.32. The van der Waals surface area contributed by atoms with Gasteiger partial charge in [0, 0.05) is 12.8 Å². The van der Waals surface area contributed by atoms with E-state index in [0.29, 0.717) is 23.3 Å². The lowest BCUT2D eigenvalue weighted by Gasteiger charge is -2.30. The standard InChI is InChI=1S/C13H18ClN3O2/c14-13-11(2-1-5-15-13)16-12(19)8-17-6-3-10(9-18)4-7-17/h1-2,5,10,18H,3-4,6-9H2,(H,16,19).